The van der Waals surface area contributed by atoms with Gasteiger partial charge in [-0.15, -0.1) is 0 Å². The van der Waals surface area contributed by atoms with E-state index in [2.05, 4.69) is 0 Å². The highest BCUT2D eigenvalue weighted by molar-refractivity contribution is 8.18. The van der Waals surface area contributed by atoms with E-state index in [-0.39, 0.29) is 17.7 Å². The Labute approximate surface area is 169 Å². The molecule has 0 bridgehead atoms. The van der Waals surface area contributed by atoms with E-state index in [1.807, 2.05) is 45.0 Å². The van der Waals surface area contributed by atoms with Crippen molar-refractivity contribution in [2.75, 3.05) is 7.11 Å². The predicted octanol–water partition coefficient (Wildman–Crippen LogP) is 5.11. The highest BCUT2D eigenvalue weighted by Gasteiger charge is 2.36. The number of carbonyl (C=O) groups excluding carboxylic acids is 1. The van der Waals surface area contributed by atoms with Gasteiger partial charge in [-0.05, 0) is 56.3 Å². The summed E-state index contributed by atoms with van der Waals surface area (Å²) in [5.74, 6) is 0.287. The van der Waals surface area contributed by atoms with Crippen LogP contribution < -0.4 is 4.74 Å². The molecule has 146 valence electrons. The number of thioether (sulfide) groups is 1. The van der Waals surface area contributed by atoms with Crippen molar-refractivity contribution in [2.24, 2.45) is 4.99 Å². The fourth-order valence-corrected chi connectivity index (χ4v) is 3.91. The van der Waals surface area contributed by atoms with Crippen LogP contribution in [0.15, 0.2) is 52.4 Å². The zero-order valence-corrected chi connectivity index (χ0v) is 17.3. The van der Waals surface area contributed by atoms with Crippen molar-refractivity contribution in [3.8, 4) is 11.5 Å². The number of rotatable bonds is 5. The molecular formula is C22H24N2O3S. The number of carbonyl (C=O) groups is 1. The quantitative estimate of drug-likeness (QED) is 0.713. The van der Waals surface area contributed by atoms with Crippen molar-refractivity contribution >= 4 is 34.6 Å². The number of aryl methyl sites for hydroxylation is 1. The van der Waals surface area contributed by atoms with Gasteiger partial charge in [-0.1, -0.05) is 36.8 Å². The van der Waals surface area contributed by atoms with Gasteiger partial charge in [0.15, 0.2) is 16.7 Å². The van der Waals surface area contributed by atoms with Crippen LogP contribution >= 0.6 is 11.8 Å². The van der Waals surface area contributed by atoms with E-state index in [0.29, 0.717) is 21.4 Å². The molecular weight excluding hydrogens is 372 g/mol. The number of aliphatic imine (C=N–C) groups is 1. The summed E-state index contributed by atoms with van der Waals surface area (Å²) in [6.07, 6.45) is 2.51. The van der Waals surface area contributed by atoms with Gasteiger partial charge in [0, 0.05) is 11.6 Å². The number of amides is 1. The molecule has 1 amide bonds. The van der Waals surface area contributed by atoms with Crippen molar-refractivity contribution in [2.45, 2.75) is 33.2 Å². The van der Waals surface area contributed by atoms with Crippen LogP contribution in [0.1, 0.15) is 31.4 Å². The number of methoxy groups -OCH3 is 1. The third-order valence-electron chi connectivity index (χ3n) is 4.66. The molecule has 0 saturated carbocycles. The first kappa shape index (κ1) is 20.0. The van der Waals surface area contributed by atoms with Crippen LogP contribution in [0.3, 0.4) is 0 Å². The maximum atomic E-state index is 13.1. The highest BCUT2D eigenvalue weighted by atomic mass is 32.2. The largest absolute Gasteiger partial charge is 0.504 e. The molecule has 0 spiro atoms. The van der Waals surface area contributed by atoms with Crippen molar-refractivity contribution in [1.29, 1.82) is 0 Å². The number of benzene rings is 2. The predicted molar refractivity (Wildman–Crippen MR) is 115 cm³/mol. The summed E-state index contributed by atoms with van der Waals surface area (Å²) in [7, 11) is 1.50. The Kier molecular flexibility index (Phi) is 6.09. The fourth-order valence-electron chi connectivity index (χ4n) is 2.83. The minimum absolute atomic E-state index is 0.0184. The molecule has 3 rings (SSSR count). The lowest BCUT2D eigenvalue weighted by atomic mass is 10.1. The Morgan fingerprint density at radius 3 is 2.61 bits per heavy atom. The van der Waals surface area contributed by atoms with E-state index in [9.17, 15) is 9.90 Å². The molecule has 1 saturated heterocycles. The zero-order chi connectivity index (χ0) is 20.3. The molecule has 1 atom stereocenters. The Morgan fingerprint density at radius 2 is 1.96 bits per heavy atom. The molecule has 1 fully saturated rings. The minimum Gasteiger partial charge on any atom is -0.504 e. The van der Waals surface area contributed by atoms with Crippen LogP contribution in [0.2, 0.25) is 0 Å². The number of para-hydroxylation sites is 1. The summed E-state index contributed by atoms with van der Waals surface area (Å²) in [5.41, 5.74) is 2.50. The molecule has 1 aliphatic heterocycles. The second-order valence-electron chi connectivity index (χ2n) is 6.67. The first-order valence-electron chi connectivity index (χ1n) is 9.19. The van der Waals surface area contributed by atoms with E-state index in [4.69, 9.17) is 9.73 Å². The monoisotopic (exact) mass is 396 g/mol. The van der Waals surface area contributed by atoms with Gasteiger partial charge < -0.3 is 9.84 Å². The van der Waals surface area contributed by atoms with E-state index >= 15 is 0 Å². The number of aromatic hydroxyl groups is 1. The average Bonchev–Trinajstić information content (AvgIpc) is 2.99. The van der Waals surface area contributed by atoms with Gasteiger partial charge in [0.2, 0.25) is 0 Å². The smallest absolute Gasteiger partial charge is 0.267 e. The summed E-state index contributed by atoms with van der Waals surface area (Å²) in [5, 5.41) is 11.0. The van der Waals surface area contributed by atoms with Crippen molar-refractivity contribution < 1.29 is 14.6 Å². The lowest BCUT2D eigenvalue weighted by Crippen LogP contribution is -2.36. The van der Waals surface area contributed by atoms with Crippen molar-refractivity contribution in [3.63, 3.8) is 0 Å². The first-order chi connectivity index (χ1) is 13.4. The zero-order valence-electron chi connectivity index (χ0n) is 16.5. The number of nitrogens with zero attached hydrogens (tertiary/aromatic N) is 2. The third kappa shape index (κ3) is 4.07. The number of hydrogen-bond acceptors (Lipinski definition) is 5. The highest BCUT2D eigenvalue weighted by Crippen LogP contribution is 2.38. The van der Waals surface area contributed by atoms with Gasteiger partial charge in [-0.2, -0.15) is 0 Å². The van der Waals surface area contributed by atoms with Crippen LogP contribution in [-0.4, -0.2) is 34.2 Å². The van der Waals surface area contributed by atoms with E-state index in [1.165, 1.54) is 18.9 Å². The minimum atomic E-state index is -0.104. The Balaban J connectivity index is 2.01. The first-order valence-corrected chi connectivity index (χ1v) is 10.0. The second-order valence-corrected chi connectivity index (χ2v) is 7.68. The summed E-state index contributed by atoms with van der Waals surface area (Å²) in [6, 6.07) is 13.1. The topological polar surface area (TPSA) is 62.1 Å². The molecule has 6 heteroatoms. The molecule has 0 radical (unpaired) electrons. The van der Waals surface area contributed by atoms with Gasteiger partial charge in [-0.25, -0.2) is 4.99 Å². The standard InChI is InChI=1S/C22H24N2O3S/c1-5-15(3)24-21(26)19(13-16-7-6-8-18(27-4)20(16)25)28-22(24)23-17-11-9-14(2)10-12-17/h6-13,15,25H,5H2,1-4H3/b19-13+,23-22?/t15-/m0/s1. The Hall–Kier alpha value is -2.73. The lowest BCUT2D eigenvalue weighted by Gasteiger charge is -2.22. The normalized spacial score (nSPS) is 18.1. The molecule has 28 heavy (non-hydrogen) atoms. The number of hydrogen-bond donors (Lipinski definition) is 1. The third-order valence-corrected chi connectivity index (χ3v) is 5.65. The fraction of sp³-hybridized carbons (Fsp3) is 0.273. The van der Waals surface area contributed by atoms with Crippen LogP contribution in [0.4, 0.5) is 5.69 Å². The molecule has 2 aromatic rings. The van der Waals surface area contributed by atoms with Crippen LogP contribution in [0.25, 0.3) is 6.08 Å². The van der Waals surface area contributed by atoms with Crippen LogP contribution in [0.5, 0.6) is 11.5 Å². The summed E-state index contributed by atoms with van der Waals surface area (Å²) >= 11 is 1.32. The molecule has 2 aromatic carbocycles. The molecule has 0 aromatic heterocycles. The van der Waals surface area contributed by atoms with Crippen molar-refractivity contribution in [1.82, 2.24) is 4.90 Å². The SMILES string of the molecule is CC[C@H](C)N1C(=O)/C(=C\c2cccc(OC)c2O)SC1=Nc1ccc(C)cc1. The maximum absolute atomic E-state index is 13.1. The van der Waals surface area contributed by atoms with E-state index in [1.54, 1.807) is 29.2 Å². The van der Waals surface area contributed by atoms with Gasteiger partial charge >= 0.3 is 0 Å². The van der Waals surface area contributed by atoms with E-state index < -0.39 is 0 Å². The van der Waals surface area contributed by atoms with Gasteiger partial charge in [0.05, 0.1) is 17.7 Å². The number of phenolic OH excluding ortho intramolecular Hbond substituents is 1. The number of phenols is 1. The molecule has 1 heterocycles. The summed E-state index contributed by atoms with van der Waals surface area (Å²) in [6.45, 7) is 6.08. The molecule has 5 nitrogen and oxygen atoms in total. The van der Waals surface area contributed by atoms with Gasteiger partial charge in [0.25, 0.3) is 5.91 Å². The van der Waals surface area contributed by atoms with Gasteiger partial charge in [-0.3, -0.25) is 9.69 Å². The Morgan fingerprint density at radius 1 is 1.25 bits per heavy atom. The van der Waals surface area contributed by atoms with Crippen molar-refractivity contribution in [3.05, 3.63) is 58.5 Å². The summed E-state index contributed by atoms with van der Waals surface area (Å²) in [4.78, 5) is 20.0. The average molecular weight is 397 g/mol. The molecule has 1 aliphatic rings. The van der Waals surface area contributed by atoms with E-state index in [0.717, 1.165) is 17.7 Å². The molecule has 0 unspecified atom stereocenters. The number of ether oxygens (including phenoxy) is 1. The molecule has 0 aliphatic carbocycles. The molecule has 1 N–H and O–H groups in total. The summed E-state index contributed by atoms with van der Waals surface area (Å²) < 4.78 is 5.16. The van der Waals surface area contributed by atoms with Crippen LogP contribution in [0, 0.1) is 6.92 Å². The Bertz CT molecular complexity index is 935. The second kappa shape index (κ2) is 8.52. The van der Waals surface area contributed by atoms with Crippen LogP contribution in [-0.2, 0) is 4.79 Å². The lowest BCUT2D eigenvalue weighted by molar-refractivity contribution is -0.123. The number of amidine groups is 1. The maximum Gasteiger partial charge on any atom is 0.267 e. The van der Waals surface area contributed by atoms with Gasteiger partial charge in [0.1, 0.15) is 0 Å².